The van der Waals surface area contributed by atoms with Gasteiger partial charge in [0.1, 0.15) is 0 Å². The second-order valence-electron chi connectivity index (χ2n) is 8.08. The zero-order valence-electron chi connectivity index (χ0n) is 14.5. The molecule has 5 heteroatoms. The number of amides is 1. The summed E-state index contributed by atoms with van der Waals surface area (Å²) in [6, 6.07) is 0.381. The van der Waals surface area contributed by atoms with Gasteiger partial charge in [-0.05, 0) is 5.92 Å². The van der Waals surface area contributed by atoms with Gasteiger partial charge in [0.25, 0.3) is 0 Å². The van der Waals surface area contributed by atoms with Crippen molar-refractivity contribution in [3.63, 3.8) is 0 Å². The summed E-state index contributed by atoms with van der Waals surface area (Å²) in [7, 11) is 0. The molecular weight excluding hydrogens is 278 g/mol. The van der Waals surface area contributed by atoms with Crippen LogP contribution in [0.15, 0.2) is 0 Å². The fourth-order valence-corrected chi connectivity index (χ4v) is 4.44. The molecule has 0 saturated carbocycles. The van der Waals surface area contributed by atoms with Gasteiger partial charge in [0.2, 0.25) is 5.91 Å². The van der Waals surface area contributed by atoms with Crippen molar-refractivity contribution >= 4 is 5.91 Å². The van der Waals surface area contributed by atoms with E-state index in [2.05, 4.69) is 28.5 Å². The highest BCUT2D eigenvalue weighted by Crippen LogP contribution is 2.36. The molecule has 3 saturated heterocycles. The van der Waals surface area contributed by atoms with Gasteiger partial charge in [0.15, 0.2) is 0 Å². The van der Waals surface area contributed by atoms with Gasteiger partial charge in [0, 0.05) is 45.2 Å². The molecule has 0 aromatic rings. The van der Waals surface area contributed by atoms with Crippen LogP contribution in [-0.2, 0) is 9.53 Å². The van der Waals surface area contributed by atoms with Crippen molar-refractivity contribution in [1.29, 1.82) is 0 Å². The van der Waals surface area contributed by atoms with Crippen molar-refractivity contribution in [2.45, 2.75) is 39.3 Å². The number of nitrogens with zero attached hydrogens (tertiary/aromatic N) is 3. The van der Waals surface area contributed by atoms with E-state index >= 15 is 0 Å². The Balaban J connectivity index is 1.73. The summed E-state index contributed by atoms with van der Waals surface area (Å²) in [5.41, 5.74) is 0.173. The van der Waals surface area contributed by atoms with Crippen molar-refractivity contribution in [3.05, 3.63) is 0 Å². The number of carbonyl (C=O) groups is 1. The minimum Gasteiger partial charge on any atom is -0.378 e. The second-order valence-corrected chi connectivity index (χ2v) is 8.08. The summed E-state index contributed by atoms with van der Waals surface area (Å²) in [6.07, 6.45) is 0. The summed E-state index contributed by atoms with van der Waals surface area (Å²) in [5.74, 6) is 1.08. The third-order valence-electron chi connectivity index (χ3n) is 5.22. The van der Waals surface area contributed by atoms with Gasteiger partial charge in [-0.15, -0.1) is 0 Å². The Bertz CT molecular complexity index is 418. The molecule has 3 aliphatic rings. The molecule has 3 fully saturated rings. The van der Waals surface area contributed by atoms with Crippen LogP contribution in [0.1, 0.15) is 27.7 Å². The first-order valence-corrected chi connectivity index (χ1v) is 8.77. The number of morpholine rings is 1. The summed E-state index contributed by atoms with van der Waals surface area (Å²) >= 11 is 0. The molecule has 0 N–H and O–H groups in total. The van der Waals surface area contributed by atoms with E-state index in [1.165, 1.54) is 0 Å². The monoisotopic (exact) mass is 309 g/mol. The molecule has 3 aliphatic heterocycles. The Labute approximate surface area is 134 Å². The number of rotatable bonds is 3. The van der Waals surface area contributed by atoms with Gasteiger partial charge in [-0.1, -0.05) is 27.7 Å². The summed E-state index contributed by atoms with van der Waals surface area (Å²) in [4.78, 5) is 19.8. The molecule has 22 heavy (non-hydrogen) atoms. The maximum atomic E-state index is 12.5. The van der Waals surface area contributed by atoms with E-state index in [-0.39, 0.29) is 11.5 Å². The highest BCUT2D eigenvalue weighted by molar-refractivity contribution is 5.78. The summed E-state index contributed by atoms with van der Waals surface area (Å²) < 4.78 is 5.69. The highest BCUT2D eigenvalue weighted by Gasteiger charge is 2.54. The second kappa shape index (κ2) is 6.10. The Morgan fingerprint density at radius 3 is 2.59 bits per heavy atom. The van der Waals surface area contributed by atoms with Crippen LogP contribution < -0.4 is 0 Å². The topological polar surface area (TPSA) is 36.0 Å². The summed E-state index contributed by atoms with van der Waals surface area (Å²) in [6.45, 7) is 16.3. The quantitative estimate of drug-likeness (QED) is 0.776. The van der Waals surface area contributed by atoms with Crippen molar-refractivity contribution in [3.8, 4) is 0 Å². The fraction of sp³-hybridized carbons (Fsp3) is 0.941. The van der Waals surface area contributed by atoms with E-state index in [0.29, 0.717) is 17.9 Å². The summed E-state index contributed by atoms with van der Waals surface area (Å²) in [5, 5.41) is 0. The molecule has 1 amide bonds. The van der Waals surface area contributed by atoms with E-state index in [1.807, 2.05) is 13.8 Å². The molecule has 3 rings (SSSR count). The Hall–Kier alpha value is -0.650. The number of hydrogen-bond donors (Lipinski definition) is 0. The minimum absolute atomic E-state index is 0.0833. The van der Waals surface area contributed by atoms with Crippen LogP contribution in [-0.4, -0.2) is 84.7 Å². The predicted octanol–water partition coefficient (Wildman–Crippen LogP) is 0.896. The minimum atomic E-state index is 0.0833. The van der Waals surface area contributed by atoms with Gasteiger partial charge in [-0.2, -0.15) is 0 Å². The van der Waals surface area contributed by atoms with E-state index in [9.17, 15) is 4.79 Å². The largest absolute Gasteiger partial charge is 0.378 e. The molecule has 0 aromatic heterocycles. The molecule has 0 bridgehead atoms. The average molecular weight is 309 g/mol. The van der Waals surface area contributed by atoms with Gasteiger partial charge in [0.05, 0.1) is 24.8 Å². The number of hydrogen-bond acceptors (Lipinski definition) is 4. The van der Waals surface area contributed by atoms with Gasteiger partial charge in [-0.25, -0.2) is 0 Å². The predicted molar refractivity (Wildman–Crippen MR) is 86.7 cm³/mol. The lowest BCUT2D eigenvalue weighted by Gasteiger charge is -2.63. The molecule has 5 nitrogen and oxygen atoms in total. The lowest BCUT2D eigenvalue weighted by atomic mass is 9.82. The lowest BCUT2D eigenvalue weighted by molar-refractivity contribution is -0.177. The van der Waals surface area contributed by atoms with Crippen molar-refractivity contribution < 1.29 is 9.53 Å². The van der Waals surface area contributed by atoms with Crippen molar-refractivity contribution in [1.82, 2.24) is 14.7 Å². The number of piperazine rings is 1. The SMILES string of the molecule is CC(C)CN1CC2(C1)CN(C(=O)C(C)C)C[C@@H]1COCCN12. The molecule has 1 atom stereocenters. The molecule has 0 radical (unpaired) electrons. The van der Waals surface area contributed by atoms with Crippen molar-refractivity contribution in [2.75, 3.05) is 52.5 Å². The van der Waals surface area contributed by atoms with E-state index in [1.54, 1.807) is 0 Å². The van der Waals surface area contributed by atoms with Gasteiger partial charge in [-0.3, -0.25) is 14.6 Å². The van der Waals surface area contributed by atoms with Crippen LogP contribution in [0.2, 0.25) is 0 Å². The standard InChI is InChI=1S/C17H31N3O2/c1-13(2)7-18-10-17(11-18)12-19(16(21)14(3)4)8-15-9-22-6-5-20(15)17/h13-15H,5-12H2,1-4H3/t15-/m1/s1. The zero-order valence-corrected chi connectivity index (χ0v) is 14.5. The zero-order chi connectivity index (χ0) is 15.9. The maximum absolute atomic E-state index is 12.5. The highest BCUT2D eigenvalue weighted by atomic mass is 16.5. The van der Waals surface area contributed by atoms with Gasteiger partial charge >= 0.3 is 0 Å². The third-order valence-corrected chi connectivity index (χ3v) is 5.22. The van der Waals surface area contributed by atoms with Crippen LogP contribution in [0.25, 0.3) is 0 Å². The number of fused-ring (bicyclic) bond motifs is 2. The van der Waals surface area contributed by atoms with Crippen LogP contribution in [0.5, 0.6) is 0 Å². The number of carbonyl (C=O) groups excluding carboxylic acids is 1. The van der Waals surface area contributed by atoms with Crippen LogP contribution in [0, 0.1) is 11.8 Å². The van der Waals surface area contributed by atoms with E-state index < -0.39 is 0 Å². The fourth-order valence-electron chi connectivity index (χ4n) is 4.44. The van der Waals surface area contributed by atoms with E-state index in [4.69, 9.17) is 4.74 Å². The molecule has 1 spiro atoms. The Morgan fingerprint density at radius 1 is 1.23 bits per heavy atom. The van der Waals surface area contributed by atoms with Crippen LogP contribution >= 0.6 is 0 Å². The normalized spacial score (nSPS) is 29.0. The van der Waals surface area contributed by atoms with Crippen LogP contribution in [0.3, 0.4) is 0 Å². The average Bonchev–Trinajstić information content (AvgIpc) is 2.43. The first kappa shape index (κ1) is 16.2. The Morgan fingerprint density at radius 2 is 1.95 bits per heavy atom. The molecule has 3 heterocycles. The van der Waals surface area contributed by atoms with E-state index in [0.717, 1.165) is 52.5 Å². The van der Waals surface area contributed by atoms with Crippen molar-refractivity contribution in [2.24, 2.45) is 11.8 Å². The first-order valence-electron chi connectivity index (χ1n) is 8.77. The first-order chi connectivity index (χ1) is 10.4. The third kappa shape index (κ3) is 2.91. The number of ether oxygens (including phenoxy) is 1. The molecule has 0 aromatic carbocycles. The maximum Gasteiger partial charge on any atom is 0.225 e. The molecule has 0 unspecified atom stereocenters. The smallest absolute Gasteiger partial charge is 0.225 e. The number of likely N-dealkylation sites (tertiary alicyclic amines) is 1. The lowest BCUT2D eigenvalue weighted by Crippen LogP contribution is -2.81. The molecule has 126 valence electrons. The molecule has 0 aliphatic carbocycles. The Kier molecular flexibility index (Phi) is 4.49. The molecular formula is C17H31N3O2. The van der Waals surface area contributed by atoms with Gasteiger partial charge < -0.3 is 9.64 Å². The van der Waals surface area contributed by atoms with Crippen LogP contribution in [0.4, 0.5) is 0 Å².